The van der Waals surface area contributed by atoms with Crippen molar-refractivity contribution in [3.63, 3.8) is 0 Å². The van der Waals surface area contributed by atoms with Gasteiger partial charge in [0.2, 0.25) is 0 Å². The Bertz CT molecular complexity index is 504. The number of rotatable bonds is 6. The summed E-state index contributed by atoms with van der Waals surface area (Å²) >= 11 is 0. The molecule has 2 atom stereocenters. The Morgan fingerprint density at radius 1 is 1.33 bits per heavy atom. The molecule has 6 heteroatoms. The summed E-state index contributed by atoms with van der Waals surface area (Å²) in [7, 11) is 3.23. The summed E-state index contributed by atoms with van der Waals surface area (Å²) in [5, 5.41) is 11.6. The fourth-order valence-electron chi connectivity index (χ4n) is 1.80. The molecule has 0 radical (unpaired) electrons. The van der Waals surface area contributed by atoms with E-state index in [0.29, 0.717) is 12.3 Å². The second-order valence-electron chi connectivity index (χ2n) is 5.03. The highest BCUT2D eigenvalue weighted by Crippen LogP contribution is 2.18. The molecule has 1 aromatic carbocycles. The van der Waals surface area contributed by atoms with Crippen LogP contribution in [-0.4, -0.2) is 42.2 Å². The highest BCUT2D eigenvalue weighted by Gasteiger charge is 2.22. The lowest BCUT2D eigenvalue weighted by molar-refractivity contribution is -0.141. The van der Waals surface area contributed by atoms with Crippen LogP contribution in [0, 0.1) is 5.92 Å². The molecule has 116 valence electrons. The van der Waals surface area contributed by atoms with Gasteiger partial charge in [0.25, 0.3) is 0 Å². The predicted molar refractivity (Wildman–Crippen MR) is 79.3 cm³/mol. The molecule has 0 fully saturated rings. The van der Waals surface area contributed by atoms with Gasteiger partial charge in [-0.05, 0) is 19.9 Å². The van der Waals surface area contributed by atoms with Crippen molar-refractivity contribution in [1.29, 1.82) is 0 Å². The van der Waals surface area contributed by atoms with Gasteiger partial charge in [-0.2, -0.15) is 0 Å². The zero-order valence-corrected chi connectivity index (χ0v) is 12.8. The van der Waals surface area contributed by atoms with Crippen LogP contribution in [-0.2, 0) is 11.3 Å². The SMILES string of the molecule is COc1ccccc1CN(C)C(=O)NC(C)C(C)C(=O)O. The molecule has 0 bridgehead atoms. The number of carbonyl (C=O) groups is 2. The van der Waals surface area contributed by atoms with Gasteiger partial charge < -0.3 is 20.1 Å². The van der Waals surface area contributed by atoms with Crippen LogP contribution in [0.4, 0.5) is 4.79 Å². The Morgan fingerprint density at radius 3 is 2.52 bits per heavy atom. The van der Waals surface area contributed by atoms with Gasteiger partial charge >= 0.3 is 12.0 Å². The van der Waals surface area contributed by atoms with E-state index in [2.05, 4.69) is 5.32 Å². The first-order chi connectivity index (χ1) is 9.86. The minimum Gasteiger partial charge on any atom is -0.496 e. The molecule has 0 aliphatic carbocycles. The number of methoxy groups -OCH3 is 1. The van der Waals surface area contributed by atoms with Crippen molar-refractivity contribution >= 4 is 12.0 Å². The summed E-state index contributed by atoms with van der Waals surface area (Å²) in [5.74, 6) is -0.868. The van der Waals surface area contributed by atoms with E-state index >= 15 is 0 Å². The molecular weight excluding hydrogens is 272 g/mol. The van der Waals surface area contributed by atoms with Crippen molar-refractivity contribution in [1.82, 2.24) is 10.2 Å². The number of nitrogens with zero attached hydrogens (tertiary/aromatic N) is 1. The van der Waals surface area contributed by atoms with E-state index in [-0.39, 0.29) is 6.03 Å². The van der Waals surface area contributed by atoms with Crippen LogP contribution in [0.3, 0.4) is 0 Å². The van der Waals surface area contributed by atoms with Crippen molar-refractivity contribution in [2.75, 3.05) is 14.2 Å². The molecule has 2 N–H and O–H groups in total. The van der Waals surface area contributed by atoms with Crippen LogP contribution in [0.5, 0.6) is 5.75 Å². The molecule has 1 rings (SSSR count). The number of amides is 2. The van der Waals surface area contributed by atoms with Crippen LogP contribution in [0.1, 0.15) is 19.4 Å². The molecule has 0 aliphatic rings. The Labute approximate surface area is 124 Å². The number of carbonyl (C=O) groups excluding carboxylic acids is 1. The summed E-state index contributed by atoms with van der Waals surface area (Å²) in [6.07, 6.45) is 0. The maximum absolute atomic E-state index is 12.1. The van der Waals surface area contributed by atoms with E-state index < -0.39 is 17.9 Å². The molecule has 2 amide bonds. The molecule has 0 saturated heterocycles. The van der Waals surface area contributed by atoms with Crippen LogP contribution in [0.15, 0.2) is 24.3 Å². The zero-order valence-electron chi connectivity index (χ0n) is 12.8. The van der Waals surface area contributed by atoms with Crippen molar-refractivity contribution in [3.05, 3.63) is 29.8 Å². The first-order valence-corrected chi connectivity index (χ1v) is 6.73. The summed E-state index contributed by atoms with van der Waals surface area (Å²) in [6, 6.07) is 6.68. The van der Waals surface area contributed by atoms with Gasteiger partial charge in [0.15, 0.2) is 0 Å². The number of carboxylic acid groups (broad SMARTS) is 1. The van der Waals surface area contributed by atoms with E-state index in [1.165, 1.54) is 4.90 Å². The fraction of sp³-hybridized carbons (Fsp3) is 0.467. The number of benzene rings is 1. The lowest BCUT2D eigenvalue weighted by Gasteiger charge is -2.24. The average molecular weight is 294 g/mol. The molecule has 0 aliphatic heterocycles. The maximum Gasteiger partial charge on any atom is 0.317 e. The monoisotopic (exact) mass is 294 g/mol. The maximum atomic E-state index is 12.1. The van der Waals surface area contributed by atoms with E-state index in [1.807, 2.05) is 24.3 Å². The third-order valence-corrected chi connectivity index (χ3v) is 3.44. The smallest absolute Gasteiger partial charge is 0.317 e. The highest BCUT2D eigenvalue weighted by molar-refractivity contribution is 5.76. The molecule has 21 heavy (non-hydrogen) atoms. The molecule has 6 nitrogen and oxygen atoms in total. The highest BCUT2D eigenvalue weighted by atomic mass is 16.5. The number of urea groups is 1. The molecule has 0 aromatic heterocycles. The van der Waals surface area contributed by atoms with Gasteiger partial charge in [-0.15, -0.1) is 0 Å². The first-order valence-electron chi connectivity index (χ1n) is 6.73. The molecule has 2 unspecified atom stereocenters. The van der Waals surface area contributed by atoms with Crippen molar-refractivity contribution < 1.29 is 19.4 Å². The summed E-state index contributed by atoms with van der Waals surface area (Å²) < 4.78 is 5.24. The van der Waals surface area contributed by atoms with Gasteiger partial charge in [0.1, 0.15) is 5.75 Å². The first kappa shape index (κ1) is 16.8. The van der Waals surface area contributed by atoms with Crippen LogP contribution in [0.25, 0.3) is 0 Å². The Balaban J connectivity index is 2.65. The van der Waals surface area contributed by atoms with Crippen molar-refractivity contribution in [2.45, 2.75) is 26.4 Å². The third-order valence-electron chi connectivity index (χ3n) is 3.44. The zero-order chi connectivity index (χ0) is 16.0. The minimum absolute atomic E-state index is 0.318. The second-order valence-corrected chi connectivity index (χ2v) is 5.03. The number of ether oxygens (including phenoxy) is 1. The van der Waals surface area contributed by atoms with Crippen molar-refractivity contribution in [2.24, 2.45) is 5.92 Å². The lowest BCUT2D eigenvalue weighted by Crippen LogP contribution is -2.45. The molecule has 0 spiro atoms. The quantitative estimate of drug-likeness (QED) is 0.840. The summed E-state index contributed by atoms with van der Waals surface area (Å²) in [4.78, 5) is 24.4. The molecule has 0 heterocycles. The summed E-state index contributed by atoms with van der Waals surface area (Å²) in [6.45, 7) is 3.62. The lowest BCUT2D eigenvalue weighted by atomic mass is 10.0. The number of aliphatic carboxylic acids is 1. The largest absolute Gasteiger partial charge is 0.496 e. The van der Waals surface area contributed by atoms with Gasteiger partial charge in [-0.25, -0.2) is 4.79 Å². The van der Waals surface area contributed by atoms with E-state index in [4.69, 9.17) is 9.84 Å². The topological polar surface area (TPSA) is 78.9 Å². The molecular formula is C15H22N2O4. The third kappa shape index (κ3) is 4.66. The van der Waals surface area contributed by atoms with Gasteiger partial charge in [-0.3, -0.25) is 4.79 Å². The van der Waals surface area contributed by atoms with E-state index in [9.17, 15) is 9.59 Å². The summed E-state index contributed by atoms with van der Waals surface area (Å²) in [5.41, 5.74) is 0.886. The van der Waals surface area contributed by atoms with Gasteiger partial charge in [0.05, 0.1) is 19.6 Å². The number of hydrogen-bond donors (Lipinski definition) is 2. The Kier molecular flexibility index (Phi) is 6.02. The van der Waals surface area contributed by atoms with Crippen molar-refractivity contribution in [3.8, 4) is 5.75 Å². The fourth-order valence-corrected chi connectivity index (χ4v) is 1.80. The second kappa shape index (κ2) is 7.52. The Hall–Kier alpha value is -2.24. The average Bonchev–Trinajstić information content (AvgIpc) is 2.46. The molecule has 1 aromatic rings. The van der Waals surface area contributed by atoms with Crippen LogP contribution in [0.2, 0.25) is 0 Å². The standard InChI is InChI=1S/C15H22N2O4/c1-10(14(18)19)11(2)16-15(20)17(3)9-12-7-5-6-8-13(12)21-4/h5-8,10-11H,9H2,1-4H3,(H,16,20)(H,18,19). The van der Waals surface area contributed by atoms with E-state index in [0.717, 1.165) is 5.56 Å². The number of nitrogens with one attached hydrogen (secondary N) is 1. The Morgan fingerprint density at radius 2 is 1.95 bits per heavy atom. The number of carboxylic acids is 1. The predicted octanol–water partition coefficient (Wildman–Crippen LogP) is 1.95. The normalized spacial score (nSPS) is 13.1. The molecule has 0 saturated carbocycles. The van der Waals surface area contributed by atoms with Crippen LogP contribution >= 0.6 is 0 Å². The number of hydrogen-bond acceptors (Lipinski definition) is 3. The van der Waals surface area contributed by atoms with E-state index in [1.54, 1.807) is 28.0 Å². The van der Waals surface area contributed by atoms with Crippen LogP contribution < -0.4 is 10.1 Å². The van der Waals surface area contributed by atoms with Gasteiger partial charge in [0, 0.05) is 18.7 Å². The van der Waals surface area contributed by atoms with Gasteiger partial charge in [-0.1, -0.05) is 18.2 Å². The minimum atomic E-state index is -0.935. The number of para-hydroxylation sites is 1.